The predicted molar refractivity (Wildman–Crippen MR) is 114 cm³/mol. The highest BCUT2D eigenvalue weighted by Gasteiger charge is 2.20. The fourth-order valence-corrected chi connectivity index (χ4v) is 2.78. The Bertz CT molecular complexity index is 897. The van der Waals surface area contributed by atoms with E-state index < -0.39 is 17.5 Å². The molecule has 2 heterocycles. The molecule has 11 heteroatoms. The number of rotatable bonds is 12. The lowest BCUT2D eigenvalue weighted by Crippen LogP contribution is -2.38. The van der Waals surface area contributed by atoms with Crippen molar-refractivity contribution in [1.82, 2.24) is 9.97 Å². The summed E-state index contributed by atoms with van der Waals surface area (Å²) in [6.07, 6.45) is 2.81. The fraction of sp³-hybridized carbons (Fsp3) is 0.450. The average Bonchev–Trinajstić information content (AvgIpc) is 2.71. The van der Waals surface area contributed by atoms with Gasteiger partial charge in [0.25, 0.3) is 11.8 Å². The molecule has 2 aromatic rings. The Morgan fingerprint density at radius 3 is 2.55 bits per heavy atom. The van der Waals surface area contributed by atoms with Gasteiger partial charge >= 0.3 is 0 Å². The Hall–Kier alpha value is -3.05. The van der Waals surface area contributed by atoms with Gasteiger partial charge in [-0.2, -0.15) is 0 Å². The number of nitrogens with one attached hydrogen (secondary N) is 2. The zero-order valence-electron chi connectivity index (χ0n) is 17.7. The molecule has 0 aromatic carbocycles. The van der Waals surface area contributed by atoms with E-state index in [1.54, 1.807) is 6.92 Å². The first kappa shape index (κ1) is 24.2. The smallest absolute Gasteiger partial charge is 0.252 e. The van der Waals surface area contributed by atoms with E-state index in [2.05, 4.69) is 20.6 Å². The topological polar surface area (TPSA) is 137 Å². The number of aromatic nitrogens is 2. The number of methoxy groups -OCH3 is 1. The molecule has 9 nitrogen and oxygen atoms in total. The van der Waals surface area contributed by atoms with Gasteiger partial charge in [0.05, 0.1) is 24.1 Å². The summed E-state index contributed by atoms with van der Waals surface area (Å²) in [6.45, 7) is 4.19. The van der Waals surface area contributed by atoms with Crippen molar-refractivity contribution in [2.75, 3.05) is 31.0 Å². The minimum atomic E-state index is -0.897. The predicted octanol–water partition coefficient (Wildman–Crippen LogP) is 2.55. The molecule has 0 bridgehead atoms. The van der Waals surface area contributed by atoms with E-state index in [1.165, 1.54) is 13.3 Å². The third kappa shape index (κ3) is 6.72. The normalized spacial score (nSPS) is 12.8. The third-order valence-corrected chi connectivity index (χ3v) is 4.39. The first-order valence-electron chi connectivity index (χ1n) is 9.83. The zero-order chi connectivity index (χ0) is 23.0. The highest BCUT2D eigenvalue weighted by Crippen LogP contribution is 2.26. The molecule has 2 atom stereocenters. The van der Waals surface area contributed by atoms with Crippen LogP contribution in [0.1, 0.15) is 37.0 Å². The van der Waals surface area contributed by atoms with Gasteiger partial charge in [0.2, 0.25) is 0 Å². The minimum Gasteiger partial charge on any atom is -0.473 e. The number of anilines is 3. The molecule has 0 saturated heterocycles. The Balaban J connectivity index is 2.32. The van der Waals surface area contributed by atoms with Gasteiger partial charge in [0.15, 0.2) is 17.5 Å². The van der Waals surface area contributed by atoms with Crippen LogP contribution in [0.15, 0.2) is 18.3 Å². The van der Waals surface area contributed by atoms with Crippen LogP contribution in [-0.2, 0) is 4.74 Å². The molecule has 0 unspecified atom stereocenters. The largest absolute Gasteiger partial charge is 0.473 e. The first-order chi connectivity index (χ1) is 14.8. The van der Waals surface area contributed by atoms with E-state index in [9.17, 15) is 13.6 Å². The molecule has 170 valence electrons. The van der Waals surface area contributed by atoms with E-state index in [1.807, 2.05) is 6.92 Å². The number of nitrogens with two attached hydrogens (primary N) is 2. The van der Waals surface area contributed by atoms with Crippen LogP contribution in [0, 0.1) is 11.6 Å². The molecular formula is C20H28F2N6O3. The number of carbonyl (C=O) groups is 1. The highest BCUT2D eigenvalue weighted by atomic mass is 19.1. The second-order valence-electron chi connectivity index (χ2n) is 6.96. The number of halogens is 2. The Kier molecular flexibility index (Phi) is 8.88. The molecule has 0 aliphatic carbocycles. The third-order valence-electron chi connectivity index (χ3n) is 4.39. The van der Waals surface area contributed by atoms with Gasteiger partial charge in [-0.1, -0.05) is 13.3 Å². The van der Waals surface area contributed by atoms with Crippen molar-refractivity contribution in [1.29, 1.82) is 0 Å². The molecule has 0 radical (unpaired) electrons. The molecule has 0 fully saturated rings. The maximum atomic E-state index is 14.6. The Labute approximate surface area is 179 Å². The summed E-state index contributed by atoms with van der Waals surface area (Å²) in [5, 5.41) is 5.72. The van der Waals surface area contributed by atoms with Crippen molar-refractivity contribution < 1.29 is 23.0 Å². The van der Waals surface area contributed by atoms with Crippen molar-refractivity contribution in [3.8, 4) is 5.88 Å². The van der Waals surface area contributed by atoms with Gasteiger partial charge < -0.3 is 31.6 Å². The van der Waals surface area contributed by atoms with E-state index >= 15 is 0 Å². The number of ether oxygens (including phenoxy) is 2. The molecule has 6 N–H and O–H groups in total. The average molecular weight is 438 g/mol. The highest BCUT2D eigenvalue weighted by molar-refractivity contribution is 5.98. The van der Waals surface area contributed by atoms with Crippen molar-refractivity contribution in [3.63, 3.8) is 0 Å². The molecule has 0 aliphatic rings. The molecule has 1 amide bonds. The first-order valence-corrected chi connectivity index (χ1v) is 9.83. The Morgan fingerprint density at radius 2 is 1.97 bits per heavy atom. The SMILES string of the molecule is CCC[C@@H](Nc1nc(Nc2cnc(OCCOC)c(F)c2)c(C(N)=O)cc1F)[C@H](C)N. The van der Waals surface area contributed by atoms with Crippen LogP contribution < -0.4 is 26.8 Å². The van der Waals surface area contributed by atoms with Crippen LogP contribution in [-0.4, -0.2) is 48.3 Å². The number of carbonyl (C=O) groups excluding carboxylic acids is 1. The van der Waals surface area contributed by atoms with Gasteiger partial charge in [0.1, 0.15) is 12.4 Å². The van der Waals surface area contributed by atoms with Gasteiger partial charge in [-0.3, -0.25) is 4.79 Å². The summed E-state index contributed by atoms with van der Waals surface area (Å²) in [5.41, 5.74) is 11.3. The number of primary amides is 1. The standard InChI is InChI=1S/C20H28F2N6O3/c1-4-5-16(11(2)23)27-19-14(21)9-13(17(24)29)18(28-19)26-12-8-15(22)20(25-10-12)31-7-6-30-3/h8-11,16H,4-7,23H2,1-3H3,(H2,24,29)(H2,26,27,28)/t11-,16+/m0/s1. The second-order valence-corrected chi connectivity index (χ2v) is 6.96. The number of pyridine rings is 2. The monoisotopic (exact) mass is 438 g/mol. The van der Waals surface area contributed by atoms with Gasteiger partial charge in [-0.05, 0) is 19.4 Å². The summed E-state index contributed by atoms with van der Waals surface area (Å²) in [6, 6.07) is 1.58. The number of hydrogen-bond acceptors (Lipinski definition) is 8. The molecule has 0 spiro atoms. The van der Waals surface area contributed by atoms with E-state index in [0.29, 0.717) is 6.42 Å². The lowest BCUT2D eigenvalue weighted by atomic mass is 10.1. The van der Waals surface area contributed by atoms with Crippen LogP contribution >= 0.6 is 0 Å². The van der Waals surface area contributed by atoms with Crippen molar-refractivity contribution >= 4 is 23.2 Å². The van der Waals surface area contributed by atoms with Gasteiger partial charge in [0, 0.05) is 25.3 Å². The number of nitrogens with zero attached hydrogens (tertiary/aromatic N) is 2. The van der Waals surface area contributed by atoms with Crippen molar-refractivity contribution in [2.24, 2.45) is 11.5 Å². The molecule has 0 aliphatic heterocycles. The zero-order valence-corrected chi connectivity index (χ0v) is 17.7. The lowest BCUT2D eigenvalue weighted by molar-refractivity contribution is 0.100. The second kappa shape index (κ2) is 11.4. The summed E-state index contributed by atoms with van der Waals surface area (Å²) in [7, 11) is 1.49. The Morgan fingerprint density at radius 1 is 1.23 bits per heavy atom. The number of hydrogen-bond donors (Lipinski definition) is 4. The minimum absolute atomic E-state index is 0.0504. The summed E-state index contributed by atoms with van der Waals surface area (Å²) >= 11 is 0. The quantitative estimate of drug-likeness (QED) is 0.371. The summed E-state index contributed by atoms with van der Waals surface area (Å²) in [5.74, 6) is -2.74. The van der Waals surface area contributed by atoms with Gasteiger partial charge in [-0.25, -0.2) is 18.7 Å². The molecule has 2 rings (SSSR count). The molecule has 0 saturated carbocycles. The maximum absolute atomic E-state index is 14.6. The van der Waals surface area contributed by atoms with Crippen LogP contribution in [0.25, 0.3) is 0 Å². The lowest BCUT2D eigenvalue weighted by Gasteiger charge is -2.23. The fourth-order valence-electron chi connectivity index (χ4n) is 2.78. The van der Waals surface area contributed by atoms with Crippen LogP contribution in [0.2, 0.25) is 0 Å². The van der Waals surface area contributed by atoms with E-state index in [-0.39, 0.29) is 54.1 Å². The van der Waals surface area contributed by atoms with Crippen molar-refractivity contribution in [2.45, 2.75) is 38.8 Å². The maximum Gasteiger partial charge on any atom is 0.252 e. The van der Waals surface area contributed by atoms with Gasteiger partial charge in [-0.15, -0.1) is 0 Å². The molecule has 31 heavy (non-hydrogen) atoms. The van der Waals surface area contributed by atoms with E-state index in [0.717, 1.165) is 18.6 Å². The van der Waals surface area contributed by atoms with Crippen LogP contribution in [0.4, 0.5) is 26.1 Å². The van der Waals surface area contributed by atoms with Crippen molar-refractivity contribution in [3.05, 3.63) is 35.5 Å². The summed E-state index contributed by atoms with van der Waals surface area (Å²) in [4.78, 5) is 19.8. The van der Waals surface area contributed by atoms with Crippen LogP contribution in [0.3, 0.4) is 0 Å². The van der Waals surface area contributed by atoms with Crippen LogP contribution in [0.5, 0.6) is 5.88 Å². The molecule has 2 aromatic heterocycles. The van der Waals surface area contributed by atoms with E-state index in [4.69, 9.17) is 20.9 Å². The molecular weight excluding hydrogens is 410 g/mol. The summed E-state index contributed by atoms with van der Waals surface area (Å²) < 4.78 is 38.8. The number of amides is 1.